The summed E-state index contributed by atoms with van der Waals surface area (Å²) in [5.74, 6) is -0.380. The zero-order valence-corrected chi connectivity index (χ0v) is 13.0. The van der Waals surface area contributed by atoms with Crippen molar-refractivity contribution >= 4 is 11.8 Å². The number of halogens is 3. The Bertz CT molecular complexity index is 758. The number of carbonyl (C=O) groups is 1. The van der Waals surface area contributed by atoms with Gasteiger partial charge in [-0.3, -0.25) is 9.88 Å². The molecule has 1 aliphatic heterocycles. The number of nitrogens with zero attached hydrogens (tertiary/aromatic N) is 2. The summed E-state index contributed by atoms with van der Waals surface area (Å²) in [5, 5.41) is 2.43. The number of imidazole rings is 1. The van der Waals surface area contributed by atoms with Gasteiger partial charge >= 0.3 is 12.5 Å². The van der Waals surface area contributed by atoms with Crippen LogP contribution in [0.15, 0.2) is 30.5 Å². The molecule has 1 atom stereocenters. The van der Waals surface area contributed by atoms with Gasteiger partial charge in [-0.25, -0.2) is 9.78 Å². The first-order valence-electron chi connectivity index (χ1n) is 7.28. The molecule has 0 saturated heterocycles. The van der Waals surface area contributed by atoms with Crippen LogP contribution in [-0.4, -0.2) is 34.7 Å². The van der Waals surface area contributed by atoms with E-state index in [0.29, 0.717) is 12.6 Å². The fraction of sp³-hybridized carbons (Fsp3) is 0.333. The molecule has 0 saturated carbocycles. The van der Waals surface area contributed by atoms with Gasteiger partial charge in [0.05, 0.1) is 12.2 Å². The number of carbonyl (C=O) groups excluding carboxylic acids is 1. The van der Waals surface area contributed by atoms with E-state index >= 15 is 0 Å². The molecule has 0 radical (unpaired) electrons. The van der Waals surface area contributed by atoms with Crippen LogP contribution in [0, 0.1) is 6.92 Å². The van der Waals surface area contributed by atoms with Crippen LogP contribution in [0.2, 0.25) is 0 Å². The van der Waals surface area contributed by atoms with Crippen LogP contribution in [-0.2, 0) is 11.3 Å². The molecule has 3 rings (SSSR count). The van der Waals surface area contributed by atoms with Crippen molar-refractivity contribution in [3.05, 3.63) is 36.2 Å². The predicted molar refractivity (Wildman–Crippen MR) is 79.5 cm³/mol. The van der Waals surface area contributed by atoms with Crippen molar-refractivity contribution in [2.75, 3.05) is 11.9 Å². The molecule has 1 aromatic heterocycles. The first-order chi connectivity index (χ1) is 11.8. The van der Waals surface area contributed by atoms with E-state index < -0.39 is 18.6 Å². The third-order valence-corrected chi connectivity index (χ3v) is 3.27. The predicted octanol–water partition coefficient (Wildman–Crippen LogP) is 3.10. The van der Waals surface area contributed by atoms with Crippen LogP contribution in [0.1, 0.15) is 5.69 Å². The highest BCUT2D eigenvalue weighted by Gasteiger charge is 2.31. The van der Waals surface area contributed by atoms with Gasteiger partial charge in [0, 0.05) is 11.9 Å². The highest BCUT2D eigenvalue weighted by Crippen LogP contribution is 2.24. The largest absolute Gasteiger partial charge is 0.573 e. The van der Waals surface area contributed by atoms with E-state index in [9.17, 15) is 18.0 Å². The van der Waals surface area contributed by atoms with Crippen molar-refractivity contribution in [3.63, 3.8) is 0 Å². The van der Waals surface area contributed by atoms with Gasteiger partial charge in [0.25, 0.3) is 6.01 Å². The van der Waals surface area contributed by atoms with Gasteiger partial charge < -0.3 is 14.2 Å². The van der Waals surface area contributed by atoms with Crippen LogP contribution < -0.4 is 14.8 Å². The van der Waals surface area contributed by atoms with Crippen molar-refractivity contribution in [3.8, 4) is 11.8 Å². The lowest BCUT2D eigenvalue weighted by Crippen LogP contribution is -2.35. The standard InChI is InChI=1S/C15H14F3N3O4/c1-9-6-21-7-12(8-23-13(21)19-9)24-14(22)20-10-2-4-11(5-3-10)25-15(16,17)18/h2-6,12H,7-8H2,1H3,(H,20,22). The van der Waals surface area contributed by atoms with Crippen LogP contribution in [0.5, 0.6) is 11.8 Å². The molecule has 2 aromatic rings. The van der Waals surface area contributed by atoms with E-state index in [1.54, 1.807) is 10.8 Å². The number of rotatable bonds is 3. The third kappa shape index (κ3) is 4.55. The Labute approximate surface area is 140 Å². The average molecular weight is 357 g/mol. The number of alkyl halides is 3. The molecule has 1 amide bonds. The Morgan fingerprint density at radius 1 is 1.36 bits per heavy atom. The minimum atomic E-state index is -4.76. The SMILES string of the molecule is Cc1cn2c(n1)OCC(OC(=O)Nc1ccc(OC(F)(F)F)cc1)C2. The van der Waals surface area contributed by atoms with Gasteiger partial charge in [-0.1, -0.05) is 0 Å². The quantitative estimate of drug-likeness (QED) is 0.914. The van der Waals surface area contributed by atoms with Crippen molar-refractivity contribution < 1.29 is 32.2 Å². The maximum atomic E-state index is 12.1. The maximum absolute atomic E-state index is 12.1. The zero-order chi connectivity index (χ0) is 18.0. The molecule has 2 heterocycles. The summed E-state index contributed by atoms with van der Waals surface area (Å²) in [4.78, 5) is 16.0. The first kappa shape index (κ1) is 16.9. The molecule has 10 heteroatoms. The Balaban J connectivity index is 1.53. The highest BCUT2D eigenvalue weighted by molar-refractivity contribution is 5.84. The van der Waals surface area contributed by atoms with Crippen LogP contribution in [0.4, 0.5) is 23.7 Å². The number of amides is 1. The van der Waals surface area contributed by atoms with E-state index in [2.05, 4.69) is 15.0 Å². The molecule has 1 unspecified atom stereocenters. The molecule has 1 N–H and O–H groups in total. The van der Waals surface area contributed by atoms with Crippen LogP contribution in [0.25, 0.3) is 0 Å². The van der Waals surface area contributed by atoms with Crippen molar-refractivity contribution in [1.29, 1.82) is 0 Å². The topological polar surface area (TPSA) is 74.6 Å². The number of aryl methyl sites for hydroxylation is 1. The average Bonchev–Trinajstić information content (AvgIpc) is 2.87. The Morgan fingerprint density at radius 2 is 2.08 bits per heavy atom. The second kappa shape index (κ2) is 6.54. The van der Waals surface area contributed by atoms with E-state index in [4.69, 9.17) is 9.47 Å². The fourth-order valence-electron chi connectivity index (χ4n) is 2.32. The minimum Gasteiger partial charge on any atom is -0.461 e. The molecule has 0 spiro atoms. The summed E-state index contributed by atoms with van der Waals surface area (Å²) in [6, 6.07) is 5.20. The highest BCUT2D eigenvalue weighted by atomic mass is 19.4. The molecule has 0 bridgehead atoms. The van der Waals surface area contributed by atoms with E-state index in [1.165, 1.54) is 12.1 Å². The molecule has 134 valence electrons. The zero-order valence-electron chi connectivity index (χ0n) is 13.0. The number of aromatic nitrogens is 2. The molecule has 25 heavy (non-hydrogen) atoms. The number of benzene rings is 1. The summed E-state index contributed by atoms with van der Waals surface area (Å²) in [7, 11) is 0. The molecule has 0 aliphatic carbocycles. The lowest BCUT2D eigenvalue weighted by molar-refractivity contribution is -0.274. The van der Waals surface area contributed by atoms with Gasteiger partial charge in [0.15, 0.2) is 6.10 Å². The number of nitrogens with one attached hydrogen (secondary N) is 1. The third-order valence-electron chi connectivity index (χ3n) is 3.27. The first-order valence-corrected chi connectivity index (χ1v) is 7.28. The molecular formula is C15H14F3N3O4. The Hall–Kier alpha value is -2.91. The van der Waals surface area contributed by atoms with Crippen molar-refractivity contribution in [2.45, 2.75) is 25.9 Å². The Kier molecular flexibility index (Phi) is 4.43. The fourth-order valence-corrected chi connectivity index (χ4v) is 2.32. The van der Waals surface area contributed by atoms with Gasteiger partial charge in [-0.05, 0) is 31.2 Å². The molecule has 7 nitrogen and oxygen atoms in total. The number of hydrogen-bond acceptors (Lipinski definition) is 5. The van der Waals surface area contributed by atoms with Crippen LogP contribution in [0.3, 0.4) is 0 Å². The Morgan fingerprint density at radius 3 is 2.76 bits per heavy atom. The van der Waals surface area contributed by atoms with Gasteiger partial charge in [0.2, 0.25) is 0 Å². The number of ether oxygens (including phenoxy) is 3. The molecular weight excluding hydrogens is 343 g/mol. The summed E-state index contributed by atoms with van der Waals surface area (Å²) in [5.41, 5.74) is 1.07. The number of anilines is 1. The van der Waals surface area contributed by atoms with Crippen LogP contribution >= 0.6 is 0 Å². The minimum absolute atomic E-state index is 0.169. The summed E-state index contributed by atoms with van der Waals surface area (Å²) in [6.45, 7) is 2.40. The summed E-state index contributed by atoms with van der Waals surface area (Å²) >= 11 is 0. The lowest BCUT2D eigenvalue weighted by Gasteiger charge is -2.24. The van der Waals surface area contributed by atoms with E-state index in [1.807, 2.05) is 6.92 Å². The summed E-state index contributed by atoms with van der Waals surface area (Å²) < 4.78 is 52.4. The monoisotopic (exact) mass is 357 g/mol. The normalized spacial score (nSPS) is 16.6. The van der Waals surface area contributed by atoms with Gasteiger partial charge in [0.1, 0.15) is 12.4 Å². The van der Waals surface area contributed by atoms with Crippen molar-refractivity contribution in [1.82, 2.24) is 9.55 Å². The molecule has 1 aromatic carbocycles. The summed E-state index contributed by atoms with van der Waals surface area (Å²) in [6.07, 6.45) is -4.23. The second-order valence-corrected chi connectivity index (χ2v) is 5.35. The molecule has 1 aliphatic rings. The lowest BCUT2D eigenvalue weighted by atomic mass is 10.3. The van der Waals surface area contributed by atoms with Crippen molar-refractivity contribution in [2.24, 2.45) is 0 Å². The van der Waals surface area contributed by atoms with E-state index in [-0.39, 0.29) is 18.0 Å². The van der Waals surface area contributed by atoms with E-state index in [0.717, 1.165) is 17.8 Å². The van der Waals surface area contributed by atoms with Gasteiger partial charge in [-0.2, -0.15) is 0 Å². The number of fused-ring (bicyclic) bond motifs is 1. The smallest absolute Gasteiger partial charge is 0.461 e. The second-order valence-electron chi connectivity index (χ2n) is 5.35. The number of hydrogen-bond donors (Lipinski definition) is 1. The molecule has 0 fully saturated rings. The van der Waals surface area contributed by atoms with Gasteiger partial charge in [-0.15, -0.1) is 13.2 Å². The maximum Gasteiger partial charge on any atom is 0.573 e.